The molecule has 1 amide bonds. The van der Waals surface area contributed by atoms with E-state index in [1.54, 1.807) is 6.07 Å². The van der Waals surface area contributed by atoms with E-state index in [9.17, 15) is 14.0 Å². The third-order valence-corrected chi connectivity index (χ3v) is 6.11. The fraction of sp³-hybridized carbons (Fsp3) is 0.292. The number of likely N-dealkylation sites (N-methyl/N-ethyl adjacent to an activating group) is 1. The number of aromatic nitrogens is 1. The van der Waals surface area contributed by atoms with Crippen molar-refractivity contribution in [3.05, 3.63) is 69.6 Å². The molecule has 1 N–H and O–H groups in total. The lowest BCUT2D eigenvalue weighted by Gasteiger charge is -2.29. The molecule has 4 rings (SSSR count). The summed E-state index contributed by atoms with van der Waals surface area (Å²) in [5.74, 6) is -1.78. The van der Waals surface area contributed by atoms with Crippen LogP contribution in [0.3, 0.4) is 0 Å². The van der Waals surface area contributed by atoms with E-state index in [-0.39, 0.29) is 5.69 Å². The second kappa shape index (κ2) is 9.34. The van der Waals surface area contributed by atoms with E-state index >= 15 is 0 Å². The molecule has 1 unspecified atom stereocenters. The molecule has 1 aliphatic rings. The molecule has 2 aromatic carbocycles. The molecule has 166 valence electrons. The van der Waals surface area contributed by atoms with Crippen LogP contribution in [-0.2, 0) is 22.5 Å². The van der Waals surface area contributed by atoms with E-state index in [1.165, 1.54) is 19.1 Å². The number of ether oxygens (including phenoxy) is 1. The monoisotopic (exact) mass is 499 g/mol. The Morgan fingerprint density at radius 1 is 1.28 bits per heavy atom. The van der Waals surface area contributed by atoms with Gasteiger partial charge in [-0.25, -0.2) is 9.18 Å². The SMILES string of the molecule is CCN1CCc2nc3ccccc3c(C(=O)OC(C)C(=O)Nc3ccc(Br)cc3F)c2C1. The van der Waals surface area contributed by atoms with Gasteiger partial charge < -0.3 is 10.1 Å². The smallest absolute Gasteiger partial charge is 0.339 e. The Labute approximate surface area is 193 Å². The third kappa shape index (κ3) is 4.52. The summed E-state index contributed by atoms with van der Waals surface area (Å²) in [4.78, 5) is 32.8. The van der Waals surface area contributed by atoms with Crippen molar-refractivity contribution in [3.8, 4) is 0 Å². The molecule has 0 saturated heterocycles. The van der Waals surface area contributed by atoms with Crippen LogP contribution in [0.4, 0.5) is 10.1 Å². The number of anilines is 1. The lowest BCUT2D eigenvalue weighted by atomic mass is 9.95. The maximum absolute atomic E-state index is 14.1. The summed E-state index contributed by atoms with van der Waals surface area (Å²) < 4.78 is 20.2. The third-order valence-electron chi connectivity index (χ3n) is 5.62. The van der Waals surface area contributed by atoms with Crippen LogP contribution in [0, 0.1) is 5.82 Å². The Hall–Kier alpha value is -2.84. The topological polar surface area (TPSA) is 71.5 Å². The van der Waals surface area contributed by atoms with Gasteiger partial charge in [-0.2, -0.15) is 0 Å². The first-order valence-electron chi connectivity index (χ1n) is 10.5. The van der Waals surface area contributed by atoms with E-state index in [0.29, 0.717) is 22.0 Å². The zero-order valence-corrected chi connectivity index (χ0v) is 19.4. The van der Waals surface area contributed by atoms with E-state index in [0.717, 1.165) is 36.3 Å². The number of para-hydroxylation sites is 1. The van der Waals surface area contributed by atoms with Gasteiger partial charge in [-0.3, -0.25) is 14.7 Å². The van der Waals surface area contributed by atoms with Crippen LogP contribution in [0.5, 0.6) is 0 Å². The predicted molar refractivity (Wildman–Crippen MR) is 124 cm³/mol. The Kier molecular flexibility index (Phi) is 6.53. The van der Waals surface area contributed by atoms with E-state index < -0.39 is 23.8 Å². The molecule has 0 aliphatic carbocycles. The van der Waals surface area contributed by atoms with E-state index in [2.05, 4.69) is 33.1 Å². The van der Waals surface area contributed by atoms with Gasteiger partial charge in [-0.1, -0.05) is 41.1 Å². The molecule has 0 radical (unpaired) electrons. The van der Waals surface area contributed by atoms with Crippen LogP contribution in [0.2, 0.25) is 0 Å². The number of amides is 1. The number of rotatable bonds is 5. The molecule has 1 atom stereocenters. The van der Waals surface area contributed by atoms with Gasteiger partial charge in [-0.15, -0.1) is 0 Å². The van der Waals surface area contributed by atoms with Crippen molar-refractivity contribution in [1.29, 1.82) is 0 Å². The Morgan fingerprint density at radius 2 is 2.06 bits per heavy atom. The molecular weight excluding hydrogens is 477 g/mol. The van der Waals surface area contributed by atoms with Crippen molar-refractivity contribution in [2.24, 2.45) is 0 Å². The minimum absolute atomic E-state index is 0.0198. The van der Waals surface area contributed by atoms with Gasteiger partial charge in [0.25, 0.3) is 5.91 Å². The maximum Gasteiger partial charge on any atom is 0.339 e. The second-order valence-electron chi connectivity index (χ2n) is 7.71. The number of esters is 1. The zero-order valence-electron chi connectivity index (χ0n) is 17.8. The molecule has 0 saturated carbocycles. The summed E-state index contributed by atoms with van der Waals surface area (Å²) in [6.07, 6.45) is -0.369. The van der Waals surface area contributed by atoms with E-state index in [1.807, 2.05) is 24.3 Å². The first-order valence-corrected chi connectivity index (χ1v) is 11.3. The quantitative estimate of drug-likeness (QED) is 0.515. The molecule has 0 spiro atoms. The molecule has 32 heavy (non-hydrogen) atoms. The molecule has 0 fully saturated rings. The van der Waals surface area contributed by atoms with Gasteiger partial charge in [0.1, 0.15) is 5.82 Å². The Bertz CT molecular complexity index is 1200. The van der Waals surface area contributed by atoms with Crippen LogP contribution in [-0.4, -0.2) is 41.0 Å². The standard InChI is InChI=1S/C24H23BrFN3O3/c1-3-29-11-10-20-17(13-29)22(16-6-4-5-7-19(16)27-20)24(31)32-14(2)23(30)28-21-9-8-15(25)12-18(21)26/h4-9,12,14H,3,10-11,13H2,1-2H3,(H,28,30). The minimum atomic E-state index is -1.11. The van der Waals surface area contributed by atoms with Crippen molar-refractivity contribution < 1.29 is 18.7 Å². The summed E-state index contributed by atoms with van der Waals surface area (Å²) in [6.45, 7) is 5.88. The number of benzene rings is 2. The number of hydrogen-bond acceptors (Lipinski definition) is 5. The number of halogens is 2. The number of nitrogens with one attached hydrogen (secondary N) is 1. The molecular formula is C24H23BrFN3O3. The highest BCUT2D eigenvalue weighted by atomic mass is 79.9. The van der Waals surface area contributed by atoms with Crippen molar-refractivity contribution in [1.82, 2.24) is 9.88 Å². The van der Waals surface area contributed by atoms with E-state index in [4.69, 9.17) is 9.72 Å². The number of hydrogen-bond donors (Lipinski definition) is 1. The van der Waals surface area contributed by atoms with Crippen LogP contribution in [0.25, 0.3) is 10.9 Å². The average molecular weight is 500 g/mol. The molecule has 8 heteroatoms. The highest BCUT2D eigenvalue weighted by Crippen LogP contribution is 2.29. The predicted octanol–water partition coefficient (Wildman–Crippen LogP) is 4.70. The summed E-state index contributed by atoms with van der Waals surface area (Å²) in [5, 5.41) is 3.17. The lowest BCUT2D eigenvalue weighted by Crippen LogP contribution is -2.34. The van der Waals surface area contributed by atoms with Crippen LogP contribution < -0.4 is 5.32 Å². The Morgan fingerprint density at radius 3 is 2.81 bits per heavy atom. The molecule has 1 aliphatic heterocycles. The Balaban J connectivity index is 1.61. The van der Waals surface area contributed by atoms with Gasteiger partial charge in [0.05, 0.1) is 16.8 Å². The summed E-state index contributed by atoms with van der Waals surface area (Å²) in [5.41, 5.74) is 2.91. The molecule has 3 aromatic rings. The van der Waals surface area contributed by atoms with Crippen LogP contribution in [0.1, 0.15) is 35.5 Å². The first kappa shape index (κ1) is 22.4. The minimum Gasteiger partial charge on any atom is -0.449 e. The summed E-state index contributed by atoms with van der Waals surface area (Å²) in [7, 11) is 0. The average Bonchev–Trinajstić information content (AvgIpc) is 2.78. The fourth-order valence-electron chi connectivity index (χ4n) is 3.85. The highest BCUT2D eigenvalue weighted by molar-refractivity contribution is 9.10. The number of fused-ring (bicyclic) bond motifs is 2. The van der Waals surface area contributed by atoms with Gasteiger partial charge in [0.15, 0.2) is 6.10 Å². The molecule has 6 nitrogen and oxygen atoms in total. The molecule has 0 bridgehead atoms. The maximum atomic E-state index is 14.1. The largest absolute Gasteiger partial charge is 0.449 e. The van der Waals surface area contributed by atoms with Gasteiger partial charge >= 0.3 is 5.97 Å². The summed E-state index contributed by atoms with van der Waals surface area (Å²) in [6, 6.07) is 11.7. The van der Waals surface area contributed by atoms with Crippen molar-refractivity contribution in [2.45, 2.75) is 32.9 Å². The van der Waals surface area contributed by atoms with Crippen molar-refractivity contribution in [2.75, 3.05) is 18.4 Å². The van der Waals surface area contributed by atoms with Gasteiger partial charge in [0, 0.05) is 40.6 Å². The van der Waals surface area contributed by atoms with Crippen molar-refractivity contribution >= 4 is 44.4 Å². The number of carbonyl (C=O) groups is 2. The zero-order chi connectivity index (χ0) is 22.8. The highest BCUT2D eigenvalue weighted by Gasteiger charge is 2.28. The summed E-state index contributed by atoms with van der Waals surface area (Å²) >= 11 is 3.18. The van der Waals surface area contributed by atoms with Gasteiger partial charge in [0.2, 0.25) is 0 Å². The second-order valence-corrected chi connectivity index (χ2v) is 8.62. The normalized spacial score (nSPS) is 14.6. The first-order chi connectivity index (χ1) is 15.4. The number of nitrogens with zero attached hydrogens (tertiary/aromatic N) is 2. The molecule has 2 heterocycles. The van der Waals surface area contributed by atoms with Gasteiger partial charge in [-0.05, 0) is 37.7 Å². The fourth-order valence-corrected chi connectivity index (χ4v) is 4.18. The number of pyridine rings is 1. The lowest BCUT2D eigenvalue weighted by molar-refractivity contribution is -0.123. The molecule has 1 aromatic heterocycles. The van der Waals surface area contributed by atoms with Crippen LogP contribution in [0.15, 0.2) is 46.9 Å². The van der Waals surface area contributed by atoms with Crippen molar-refractivity contribution in [3.63, 3.8) is 0 Å². The number of carbonyl (C=O) groups excluding carboxylic acids is 2. The van der Waals surface area contributed by atoms with Crippen LogP contribution >= 0.6 is 15.9 Å².